The highest BCUT2D eigenvalue weighted by molar-refractivity contribution is 5.43. The van der Waals surface area contributed by atoms with Crippen molar-refractivity contribution >= 4 is 6.08 Å². The number of benzene rings is 1. The first kappa shape index (κ1) is 16.3. The fraction of sp³-hybridized carbons (Fsp3) is 0.263. The molecule has 2 aromatic rings. The number of furan rings is 1. The zero-order valence-electron chi connectivity index (χ0n) is 12.7. The first-order valence-electron chi connectivity index (χ1n) is 7.55. The topological polar surface area (TPSA) is 45.4 Å². The summed E-state index contributed by atoms with van der Waals surface area (Å²) in [4.78, 5) is 0. The van der Waals surface area contributed by atoms with Crippen LogP contribution in [0.4, 0.5) is 0 Å². The van der Waals surface area contributed by atoms with Crippen LogP contribution in [0, 0.1) is 0 Å². The van der Waals surface area contributed by atoms with Crippen LogP contribution in [0.15, 0.2) is 71.9 Å². The van der Waals surface area contributed by atoms with Crippen LogP contribution >= 0.6 is 0 Å². The van der Waals surface area contributed by atoms with E-state index in [4.69, 9.17) is 4.42 Å². The summed E-state index contributed by atoms with van der Waals surface area (Å²) >= 11 is 0. The SMILES string of the molecule is C=CC[C@@H](/C=C/c1ccco1)N[C@H](CO)Cc1ccccc1. The molecule has 3 nitrogen and oxygen atoms in total. The molecule has 116 valence electrons. The summed E-state index contributed by atoms with van der Waals surface area (Å²) in [6.45, 7) is 3.90. The summed E-state index contributed by atoms with van der Waals surface area (Å²) in [5.41, 5.74) is 1.21. The molecule has 0 radical (unpaired) electrons. The quantitative estimate of drug-likeness (QED) is 0.697. The van der Waals surface area contributed by atoms with Gasteiger partial charge >= 0.3 is 0 Å². The van der Waals surface area contributed by atoms with E-state index in [2.05, 4.69) is 24.0 Å². The smallest absolute Gasteiger partial charge is 0.126 e. The van der Waals surface area contributed by atoms with E-state index in [0.717, 1.165) is 18.6 Å². The maximum atomic E-state index is 9.63. The summed E-state index contributed by atoms with van der Waals surface area (Å²) in [5.74, 6) is 0.819. The Labute approximate surface area is 132 Å². The van der Waals surface area contributed by atoms with Crippen molar-refractivity contribution in [3.05, 3.63) is 78.8 Å². The van der Waals surface area contributed by atoms with Crippen molar-refractivity contribution in [2.45, 2.75) is 24.9 Å². The lowest BCUT2D eigenvalue weighted by Crippen LogP contribution is -2.40. The molecule has 0 unspecified atom stereocenters. The van der Waals surface area contributed by atoms with Gasteiger partial charge in [0, 0.05) is 12.1 Å². The van der Waals surface area contributed by atoms with Gasteiger partial charge in [0.05, 0.1) is 12.9 Å². The van der Waals surface area contributed by atoms with E-state index in [9.17, 15) is 5.11 Å². The summed E-state index contributed by atoms with van der Waals surface area (Å²) in [5, 5.41) is 13.1. The predicted molar refractivity (Wildman–Crippen MR) is 90.5 cm³/mol. The predicted octanol–water partition coefficient (Wildman–Crippen LogP) is 3.43. The molecule has 2 N–H and O–H groups in total. The molecular formula is C19H23NO2. The van der Waals surface area contributed by atoms with Crippen molar-refractivity contribution in [2.75, 3.05) is 6.61 Å². The van der Waals surface area contributed by atoms with Crippen LogP contribution in [0.25, 0.3) is 6.08 Å². The molecular weight excluding hydrogens is 274 g/mol. The minimum Gasteiger partial charge on any atom is -0.465 e. The van der Waals surface area contributed by atoms with E-state index in [1.54, 1.807) is 6.26 Å². The molecule has 0 bridgehead atoms. The molecule has 1 aromatic carbocycles. The standard InChI is InChI=1S/C19H23NO2/c1-2-7-17(11-12-19-10-6-13-22-19)20-18(15-21)14-16-8-4-3-5-9-16/h2-6,8-13,17-18,20-21H,1,7,14-15H2/b12-11+/t17-,18-/m0/s1. The van der Waals surface area contributed by atoms with Gasteiger partial charge < -0.3 is 14.8 Å². The van der Waals surface area contributed by atoms with Gasteiger partial charge in [0.25, 0.3) is 0 Å². The highest BCUT2D eigenvalue weighted by Crippen LogP contribution is 2.08. The van der Waals surface area contributed by atoms with Gasteiger partial charge in [-0.2, -0.15) is 0 Å². The Balaban J connectivity index is 1.96. The first-order chi connectivity index (χ1) is 10.8. The van der Waals surface area contributed by atoms with Crippen molar-refractivity contribution in [3.63, 3.8) is 0 Å². The number of nitrogens with one attached hydrogen (secondary N) is 1. The van der Waals surface area contributed by atoms with Crippen molar-refractivity contribution in [1.29, 1.82) is 0 Å². The third-order valence-corrected chi connectivity index (χ3v) is 3.45. The fourth-order valence-corrected chi connectivity index (χ4v) is 2.36. The van der Waals surface area contributed by atoms with E-state index in [-0.39, 0.29) is 18.7 Å². The monoisotopic (exact) mass is 297 g/mol. The molecule has 0 spiro atoms. The van der Waals surface area contributed by atoms with Crippen LogP contribution in [-0.2, 0) is 6.42 Å². The number of aliphatic hydroxyl groups is 1. The summed E-state index contributed by atoms with van der Waals surface area (Å²) < 4.78 is 5.30. The average molecular weight is 297 g/mol. The number of aliphatic hydroxyl groups excluding tert-OH is 1. The van der Waals surface area contributed by atoms with Gasteiger partial charge in [0.2, 0.25) is 0 Å². The Morgan fingerprint density at radius 3 is 2.64 bits per heavy atom. The Morgan fingerprint density at radius 2 is 2.00 bits per heavy atom. The number of hydrogen-bond donors (Lipinski definition) is 2. The second-order valence-electron chi connectivity index (χ2n) is 5.24. The Hall–Kier alpha value is -2.10. The maximum absolute atomic E-state index is 9.63. The van der Waals surface area contributed by atoms with Gasteiger partial charge in [-0.1, -0.05) is 42.5 Å². The molecule has 0 fully saturated rings. The minimum absolute atomic E-state index is 0.00796. The van der Waals surface area contributed by atoms with Crippen LogP contribution < -0.4 is 5.32 Å². The second-order valence-corrected chi connectivity index (χ2v) is 5.24. The van der Waals surface area contributed by atoms with Crippen LogP contribution in [0.2, 0.25) is 0 Å². The summed E-state index contributed by atoms with van der Waals surface area (Å²) in [6.07, 6.45) is 9.11. The minimum atomic E-state index is 0.00796. The Kier molecular flexibility index (Phi) is 6.68. The van der Waals surface area contributed by atoms with Gasteiger partial charge in [-0.15, -0.1) is 6.58 Å². The lowest BCUT2D eigenvalue weighted by molar-refractivity contribution is 0.236. The van der Waals surface area contributed by atoms with E-state index in [1.807, 2.05) is 48.6 Å². The number of rotatable bonds is 9. The van der Waals surface area contributed by atoms with Crippen molar-refractivity contribution in [2.24, 2.45) is 0 Å². The zero-order valence-corrected chi connectivity index (χ0v) is 12.7. The van der Waals surface area contributed by atoms with Crippen molar-refractivity contribution in [1.82, 2.24) is 5.32 Å². The average Bonchev–Trinajstić information content (AvgIpc) is 3.06. The Morgan fingerprint density at radius 1 is 1.18 bits per heavy atom. The van der Waals surface area contributed by atoms with E-state index in [0.29, 0.717) is 0 Å². The van der Waals surface area contributed by atoms with Crippen LogP contribution in [0.1, 0.15) is 17.7 Å². The van der Waals surface area contributed by atoms with Gasteiger partial charge in [-0.25, -0.2) is 0 Å². The second kappa shape index (κ2) is 9.03. The maximum Gasteiger partial charge on any atom is 0.126 e. The number of hydrogen-bond acceptors (Lipinski definition) is 3. The third-order valence-electron chi connectivity index (χ3n) is 3.45. The van der Waals surface area contributed by atoms with E-state index < -0.39 is 0 Å². The summed E-state index contributed by atoms with van der Waals surface area (Å²) in [7, 11) is 0. The van der Waals surface area contributed by atoms with E-state index in [1.165, 1.54) is 5.56 Å². The molecule has 0 aliphatic rings. The van der Waals surface area contributed by atoms with Crippen molar-refractivity contribution in [3.8, 4) is 0 Å². The fourth-order valence-electron chi connectivity index (χ4n) is 2.36. The normalized spacial score (nSPS) is 14.0. The molecule has 2 atom stereocenters. The highest BCUT2D eigenvalue weighted by atomic mass is 16.3. The molecule has 0 aliphatic carbocycles. The highest BCUT2D eigenvalue weighted by Gasteiger charge is 2.12. The van der Waals surface area contributed by atoms with Gasteiger partial charge in [0.15, 0.2) is 0 Å². The van der Waals surface area contributed by atoms with Crippen molar-refractivity contribution < 1.29 is 9.52 Å². The molecule has 0 saturated carbocycles. The first-order valence-corrected chi connectivity index (χ1v) is 7.55. The molecule has 1 heterocycles. The van der Waals surface area contributed by atoms with Gasteiger partial charge in [-0.3, -0.25) is 0 Å². The molecule has 0 saturated heterocycles. The zero-order chi connectivity index (χ0) is 15.6. The third kappa shape index (κ3) is 5.35. The van der Waals surface area contributed by atoms with Crippen LogP contribution in [0.5, 0.6) is 0 Å². The molecule has 0 amide bonds. The molecule has 3 heteroatoms. The molecule has 0 aliphatic heterocycles. The lowest BCUT2D eigenvalue weighted by atomic mass is 10.0. The summed E-state index contributed by atoms with van der Waals surface area (Å²) in [6, 6.07) is 14.1. The van der Waals surface area contributed by atoms with E-state index >= 15 is 0 Å². The molecule has 22 heavy (non-hydrogen) atoms. The van der Waals surface area contributed by atoms with Gasteiger partial charge in [-0.05, 0) is 36.6 Å². The molecule has 2 rings (SSSR count). The van der Waals surface area contributed by atoms with Gasteiger partial charge in [0.1, 0.15) is 5.76 Å². The van der Waals surface area contributed by atoms with Crippen LogP contribution in [0.3, 0.4) is 0 Å². The Bertz CT molecular complexity index is 560. The van der Waals surface area contributed by atoms with Crippen LogP contribution in [-0.4, -0.2) is 23.8 Å². The lowest BCUT2D eigenvalue weighted by Gasteiger charge is -2.21. The largest absolute Gasteiger partial charge is 0.465 e. The molecule has 1 aromatic heterocycles.